The lowest BCUT2D eigenvalue weighted by atomic mass is 9.98. The molecule has 0 amide bonds. The largest absolute Gasteiger partial charge is 0.478 e. The highest BCUT2D eigenvalue weighted by Crippen LogP contribution is 2.26. The van der Waals surface area contributed by atoms with Gasteiger partial charge in [-0.15, -0.1) is 0 Å². The molecule has 5 heteroatoms. The number of rotatable bonds is 3. The van der Waals surface area contributed by atoms with Crippen LogP contribution in [0, 0.1) is 0 Å². The molecule has 0 aliphatic carbocycles. The number of nitrogens with zero attached hydrogens (tertiary/aromatic N) is 2. The van der Waals surface area contributed by atoms with Crippen LogP contribution in [0.5, 0.6) is 0 Å². The Kier molecular flexibility index (Phi) is 3.91. The van der Waals surface area contributed by atoms with E-state index in [-0.39, 0.29) is 11.5 Å². The minimum absolute atomic E-state index is 0.0812. The lowest BCUT2D eigenvalue weighted by molar-refractivity contribution is 0.0692. The van der Waals surface area contributed by atoms with Gasteiger partial charge < -0.3 is 9.84 Å². The summed E-state index contributed by atoms with van der Waals surface area (Å²) in [4.78, 5) is 19.8. The number of hydrogen-bond donors (Lipinski definition) is 1. The van der Waals surface area contributed by atoms with Crippen LogP contribution in [0.3, 0.4) is 0 Å². The summed E-state index contributed by atoms with van der Waals surface area (Å²) in [6, 6.07) is 0. The Morgan fingerprint density at radius 3 is 2.67 bits per heavy atom. The number of hydrogen-bond acceptors (Lipinski definition) is 4. The number of ether oxygens (including phenoxy) is 1. The molecule has 1 aromatic heterocycles. The van der Waals surface area contributed by atoms with Gasteiger partial charge in [0.15, 0.2) is 0 Å². The quantitative estimate of drug-likeness (QED) is 0.890. The van der Waals surface area contributed by atoms with Crippen molar-refractivity contribution in [3.63, 3.8) is 0 Å². The summed E-state index contributed by atoms with van der Waals surface area (Å²) in [6.07, 6.45) is 3.25. The van der Waals surface area contributed by atoms with Gasteiger partial charge in [-0.25, -0.2) is 14.8 Å². The van der Waals surface area contributed by atoms with Crippen molar-refractivity contribution >= 4 is 5.97 Å². The van der Waals surface area contributed by atoms with Crippen LogP contribution in [0.2, 0.25) is 0 Å². The minimum Gasteiger partial charge on any atom is -0.478 e. The zero-order valence-corrected chi connectivity index (χ0v) is 10.7. The normalized spacial score (nSPS) is 17.1. The van der Waals surface area contributed by atoms with Gasteiger partial charge in [0, 0.05) is 25.3 Å². The molecule has 0 spiro atoms. The lowest BCUT2D eigenvalue weighted by Gasteiger charge is -2.21. The molecule has 0 radical (unpaired) electrons. The zero-order valence-electron chi connectivity index (χ0n) is 10.7. The van der Waals surface area contributed by atoms with Crippen molar-refractivity contribution in [2.24, 2.45) is 0 Å². The van der Waals surface area contributed by atoms with E-state index in [1.165, 1.54) is 6.20 Å². The van der Waals surface area contributed by atoms with E-state index in [0.717, 1.165) is 31.9 Å². The maximum Gasteiger partial charge on any atom is 0.339 e. The van der Waals surface area contributed by atoms with Crippen LogP contribution in [-0.2, 0) is 4.74 Å². The molecule has 0 unspecified atom stereocenters. The second-order valence-corrected chi connectivity index (χ2v) is 4.87. The predicted molar refractivity (Wildman–Crippen MR) is 65.9 cm³/mol. The van der Waals surface area contributed by atoms with E-state index in [0.29, 0.717) is 11.6 Å². The smallest absolute Gasteiger partial charge is 0.339 e. The van der Waals surface area contributed by atoms with Crippen molar-refractivity contribution in [3.05, 3.63) is 23.3 Å². The molecule has 1 N–H and O–H groups in total. The average Bonchev–Trinajstić information content (AvgIpc) is 2.39. The summed E-state index contributed by atoms with van der Waals surface area (Å²) in [6.45, 7) is 5.35. The van der Waals surface area contributed by atoms with E-state index in [1.807, 2.05) is 13.8 Å². The molecule has 0 bridgehead atoms. The van der Waals surface area contributed by atoms with Gasteiger partial charge in [0.05, 0.1) is 11.3 Å². The van der Waals surface area contributed by atoms with Crippen molar-refractivity contribution in [1.29, 1.82) is 0 Å². The lowest BCUT2D eigenvalue weighted by Crippen LogP contribution is -2.18. The van der Waals surface area contributed by atoms with Crippen LogP contribution in [0.4, 0.5) is 0 Å². The third-order valence-corrected chi connectivity index (χ3v) is 3.20. The maximum atomic E-state index is 11.1. The molecule has 1 saturated heterocycles. The zero-order chi connectivity index (χ0) is 13.1. The van der Waals surface area contributed by atoms with Gasteiger partial charge >= 0.3 is 5.97 Å². The molecule has 0 saturated carbocycles. The summed E-state index contributed by atoms with van der Waals surface area (Å²) >= 11 is 0. The second kappa shape index (κ2) is 5.44. The molecular formula is C13H18N2O3. The fourth-order valence-electron chi connectivity index (χ4n) is 2.17. The Morgan fingerprint density at radius 1 is 1.44 bits per heavy atom. The summed E-state index contributed by atoms with van der Waals surface area (Å²) in [5, 5.41) is 9.12. The Hall–Kier alpha value is -1.49. The Bertz CT molecular complexity index is 440. The highest BCUT2D eigenvalue weighted by atomic mass is 16.5. The highest BCUT2D eigenvalue weighted by Gasteiger charge is 2.22. The monoisotopic (exact) mass is 250 g/mol. The van der Waals surface area contributed by atoms with Gasteiger partial charge in [-0.2, -0.15) is 0 Å². The summed E-state index contributed by atoms with van der Waals surface area (Å²) in [5.41, 5.74) is 0.833. The van der Waals surface area contributed by atoms with Crippen LogP contribution in [0.1, 0.15) is 60.4 Å². The molecule has 1 aliphatic heterocycles. The van der Waals surface area contributed by atoms with Gasteiger partial charge in [-0.05, 0) is 18.8 Å². The van der Waals surface area contributed by atoms with Gasteiger partial charge in [-0.3, -0.25) is 0 Å². The van der Waals surface area contributed by atoms with Gasteiger partial charge in [0.2, 0.25) is 0 Å². The van der Waals surface area contributed by atoms with Crippen LogP contribution < -0.4 is 0 Å². The van der Waals surface area contributed by atoms with Crippen molar-refractivity contribution < 1.29 is 14.6 Å². The molecule has 18 heavy (non-hydrogen) atoms. The third kappa shape index (κ3) is 2.67. The van der Waals surface area contributed by atoms with Crippen LogP contribution in [-0.4, -0.2) is 34.3 Å². The van der Waals surface area contributed by atoms with E-state index in [1.54, 1.807) is 0 Å². The molecule has 0 aromatic carbocycles. The first-order valence-corrected chi connectivity index (χ1v) is 6.27. The fraction of sp³-hybridized carbons (Fsp3) is 0.615. The number of carbonyl (C=O) groups is 1. The van der Waals surface area contributed by atoms with Gasteiger partial charge in [-0.1, -0.05) is 13.8 Å². The highest BCUT2D eigenvalue weighted by molar-refractivity contribution is 5.88. The number of aromatic carboxylic acids is 1. The molecule has 2 heterocycles. The molecule has 0 atom stereocenters. The predicted octanol–water partition coefficient (Wildman–Crippen LogP) is 2.19. The van der Waals surface area contributed by atoms with E-state index in [9.17, 15) is 4.79 Å². The van der Waals surface area contributed by atoms with Crippen molar-refractivity contribution in [3.8, 4) is 0 Å². The van der Waals surface area contributed by atoms with E-state index in [2.05, 4.69) is 9.97 Å². The topological polar surface area (TPSA) is 72.3 Å². The molecule has 1 fully saturated rings. The number of carboxylic acids is 1. The molecule has 5 nitrogen and oxygen atoms in total. The van der Waals surface area contributed by atoms with Crippen LogP contribution in [0.15, 0.2) is 6.20 Å². The van der Waals surface area contributed by atoms with Crippen molar-refractivity contribution in [2.45, 2.75) is 38.5 Å². The van der Waals surface area contributed by atoms with Gasteiger partial charge in [0.25, 0.3) is 0 Å². The summed E-state index contributed by atoms with van der Waals surface area (Å²) in [7, 11) is 0. The first-order valence-electron chi connectivity index (χ1n) is 6.27. The van der Waals surface area contributed by atoms with Crippen molar-refractivity contribution in [1.82, 2.24) is 9.97 Å². The number of aromatic nitrogens is 2. The van der Waals surface area contributed by atoms with Crippen LogP contribution >= 0.6 is 0 Å². The molecular weight excluding hydrogens is 232 g/mol. The summed E-state index contributed by atoms with van der Waals surface area (Å²) < 4.78 is 5.31. The number of carboxylic acid groups (broad SMARTS) is 1. The minimum atomic E-state index is -0.961. The first kappa shape index (κ1) is 13.0. The van der Waals surface area contributed by atoms with E-state index < -0.39 is 5.97 Å². The third-order valence-electron chi connectivity index (χ3n) is 3.20. The average molecular weight is 250 g/mol. The molecule has 2 rings (SSSR count). The van der Waals surface area contributed by atoms with E-state index >= 15 is 0 Å². The van der Waals surface area contributed by atoms with Crippen molar-refractivity contribution in [2.75, 3.05) is 13.2 Å². The summed E-state index contributed by atoms with van der Waals surface area (Å²) in [5.74, 6) is 0.168. The first-order chi connectivity index (χ1) is 8.59. The Balaban J connectivity index is 2.33. The Labute approximate surface area is 106 Å². The molecule has 1 aliphatic rings. The van der Waals surface area contributed by atoms with E-state index in [4.69, 9.17) is 9.84 Å². The Morgan fingerprint density at radius 2 is 2.11 bits per heavy atom. The second-order valence-electron chi connectivity index (χ2n) is 4.87. The van der Waals surface area contributed by atoms with Gasteiger partial charge in [0.1, 0.15) is 5.82 Å². The molecule has 1 aromatic rings. The standard InChI is InChI=1S/C13H18N2O3/c1-8(2)11-10(13(16)17)7-14-12(15-11)9-3-5-18-6-4-9/h7-9H,3-6H2,1-2H3,(H,16,17). The SMILES string of the molecule is CC(C)c1nc(C2CCOCC2)ncc1C(=O)O. The molecule has 98 valence electrons. The maximum absolute atomic E-state index is 11.1. The fourth-order valence-corrected chi connectivity index (χ4v) is 2.17. The van der Waals surface area contributed by atoms with Crippen LogP contribution in [0.25, 0.3) is 0 Å².